The van der Waals surface area contributed by atoms with Gasteiger partial charge in [-0.15, -0.1) is 0 Å². The summed E-state index contributed by atoms with van der Waals surface area (Å²) in [7, 11) is 1.51. The van der Waals surface area contributed by atoms with Crippen LogP contribution in [0.1, 0.15) is 30.6 Å². The van der Waals surface area contributed by atoms with Gasteiger partial charge in [-0.05, 0) is 47.5 Å². The number of ether oxygens (including phenoxy) is 2. The number of rotatable bonds is 6. The molecule has 0 saturated heterocycles. The summed E-state index contributed by atoms with van der Waals surface area (Å²) < 4.78 is 10.5. The quantitative estimate of drug-likeness (QED) is 0.731. The number of benzene rings is 1. The van der Waals surface area contributed by atoms with Crippen LogP contribution in [-0.4, -0.2) is 37.7 Å². The van der Waals surface area contributed by atoms with Crippen LogP contribution in [0, 0.1) is 0 Å². The van der Waals surface area contributed by atoms with Crippen LogP contribution in [0.5, 0.6) is 5.75 Å². The fourth-order valence-electron chi connectivity index (χ4n) is 1.53. The van der Waals surface area contributed by atoms with Crippen molar-refractivity contribution in [2.45, 2.75) is 26.3 Å². The number of carbonyl (C=O) groups is 3. The van der Waals surface area contributed by atoms with Gasteiger partial charge in [-0.25, -0.2) is 9.59 Å². The lowest BCUT2D eigenvalue weighted by Crippen LogP contribution is -2.44. The van der Waals surface area contributed by atoms with Gasteiger partial charge in [0.1, 0.15) is 5.75 Å². The van der Waals surface area contributed by atoms with Crippen LogP contribution in [0.15, 0.2) is 22.7 Å². The molecule has 0 bridgehead atoms. The van der Waals surface area contributed by atoms with Gasteiger partial charge in [-0.3, -0.25) is 10.1 Å². The van der Waals surface area contributed by atoms with Crippen LogP contribution < -0.4 is 15.4 Å². The van der Waals surface area contributed by atoms with Gasteiger partial charge in [-0.1, -0.05) is 6.92 Å². The summed E-state index contributed by atoms with van der Waals surface area (Å²) >= 11 is 3.25. The number of nitrogens with one attached hydrogen (secondary N) is 2. The third-order valence-corrected chi connectivity index (χ3v) is 3.58. The molecule has 2 N–H and O–H groups in total. The zero-order valence-corrected chi connectivity index (χ0v) is 14.7. The molecule has 0 heterocycles. The smallest absolute Gasteiger partial charge is 0.338 e. The number of hydrogen-bond acceptors (Lipinski definition) is 5. The molecule has 0 radical (unpaired) electrons. The molecule has 0 saturated carbocycles. The van der Waals surface area contributed by atoms with E-state index in [0.717, 1.165) is 6.42 Å². The van der Waals surface area contributed by atoms with Gasteiger partial charge in [0.05, 0.1) is 17.1 Å². The summed E-state index contributed by atoms with van der Waals surface area (Å²) in [5.74, 6) is -0.807. The van der Waals surface area contributed by atoms with E-state index >= 15 is 0 Å². The van der Waals surface area contributed by atoms with E-state index in [1.165, 1.54) is 19.2 Å². The standard InChI is InChI=1S/C15H19BrN2O5/c1-4-9(2)17-15(21)18-13(19)8-23-14(20)10-5-6-12(22-3)11(16)7-10/h5-7,9H,4,8H2,1-3H3,(H2,17,18,19,21)/t9-/m1/s1. The molecular weight excluding hydrogens is 368 g/mol. The number of amides is 3. The van der Waals surface area contributed by atoms with Gasteiger partial charge in [0.2, 0.25) is 0 Å². The van der Waals surface area contributed by atoms with Gasteiger partial charge in [-0.2, -0.15) is 0 Å². The van der Waals surface area contributed by atoms with E-state index in [2.05, 4.69) is 26.6 Å². The molecule has 0 aromatic heterocycles. The average molecular weight is 387 g/mol. The molecule has 0 fully saturated rings. The highest BCUT2D eigenvalue weighted by Crippen LogP contribution is 2.25. The van der Waals surface area contributed by atoms with E-state index in [-0.39, 0.29) is 11.6 Å². The van der Waals surface area contributed by atoms with Crippen LogP contribution in [0.2, 0.25) is 0 Å². The molecule has 8 heteroatoms. The van der Waals surface area contributed by atoms with Crippen molar-refractivity contribution < 1.29 is 23.9 Å². The number of urea groups is 1. The number of methoxy groups -OCH3 is 1. The minimum Gasteiger partial charge on any atom is -0.496 e. The third kappa shape index (κ3) is 6.27. The first kappa shape index (κ1) is 19.0. The molecule has 1 aromatic carbocycles. The summed E-state index contributed by atoms with van der Waals surface area (Å²) in [5, 5.41) is 4.65. The van der Waals surface area contributed by atoms with Crippen molar-refractivity contribution in [1.29, 1.82) is 0 Å². The highest BCUT2D eigenvalue weighted by Gasteiger charge is 2.14. The first-order chi connectivity index (χ1) is 10.9. The van der Waals surface area contributed by atoms with E-state index in [1.807, 2.05) is 13.8 Å². The van der Waals surface area contributed by atoms with Crippen molar-refractivity contribution in [3.05, 3.63) is 28.2 Å². The van der Waals surface area contributed by atoms with Gasteiger partial charge in [0.25, 0.3) is 5.91 Å². The molecule has 0 aliphatic rings. The molecule has 1 rings (SSSR count). The largest absolute Gasteiger partial charge is 0.496 e. The van der Waals surface area contributed by atoms with Gasteiger partial charge >= 0.3 is 12.0 Å². The van der Waals surface area contributed by atoms with E-state index in [9.17, 15) is 14.4 Å². The predicted octanol–water partition coefficient (Wildman–Crippen LogP) is 2.24. The van der Waals surface area contributed by atoms with Gasteiger partial charge in [0, 0.05) is 6.04 Å². The lowest BCUT2D eigenvalue weighted by atomic mass is 10.2. The average Bonchev–Trinajstić information content (AvgIpc) is 2.52. The Morgan fingerprint density at radius 3 is 2.57 bits per heavy atom. The second-order valence-electron chi connectivity index (χ2n) is 4.76. The summed E-state index contributed by atoms with van der Waals surface area (Å²) in [6.07, 6.45) is 0.739. The first-order valence-electron chi connectivity index (χ1n) is 6.98. The Balaban J connectivity index is 2.48. The van der Waals surface area contributed by atoms with E-state index in [0.29, 0.717) is 10.2 Å². The van der Waals surface area contributed by atoms with Crippen LogP contribution in [-0.2, 0) is 9.53 Å². The Morgan fingerprint density at radius 2 is 2.00 bits per heavy atom. The van der Waals surface area contributed by atoms with Crippen molar-refractivity contribution in [3.63, 3.8) is 0 Å². The molecule has 0 unspecified atom stereocenters. The Bertz CT molecular complexity index is 591. The maximum atomic E-state index is 11.8. The van der Waals surface area contributed by atoms with Crippen molar-refractivity contribution in [3.8, 4) is 5.75 Å². The monoisotopic (exact) mass is 386 g/mol. The second-order valence-corrected chi connectivity index (χ2v) is 5.61. The fraction of sp³-hybridized carbons (Fsp3) is 0.400. The fourth-order valence-corrected chi connectivity index (χ4v) is 2.07. The first-order valence-corrected chi connectivity index (χ1v) is 7.77. The van der Waals surface area contributed by atoms with Crippen molar-refractivity contribution in [2.24, 2.45) is 0 Å². The summed E-state index contributed by atoms with van der Waals surface area (Å²) in [6, 6.07) is 3.96. The van der Waals surface area contributed by atoms with E-state index in [4.69, 9.17) is 9.47 Å². The lowest BCUT2D eigenvalue weighted by Gasteiger charge is -2.12. The second kappa shape index (κ2) is 9.14. The maximum Gasteiger partial charge on any atom is 0.338 e. The Hall–Kier alpha value is -2.09. The molecule has 7 nitrogen and oxygen atoms in total. The zero-order chi connectivity index (χ0) is 17.4. The zero-order valence-electron chi connectivity index (χ0n) is 13.1. The number of imide groups is 1. The number of carbonyl (C=O) groups excluding carboxylic acids is 3. The summed E-state index contributed by atoms with van der Waals surface area (Å²) in [4.78, 5) is 34.8. The van der Waals surface area contributed by atoms with Gasteiger partial charge in [0.15, 0.2) is 6.61 Å². The minimum atomic E-state index is -0.702. The molecule has 1 atom stereocenters. The maximum absolute atomic E-state index is 11.8. The molecule has 23 heavy (non-hydrogen) atoms. The Kier molecular flexibility index (Phi) is 7.53. The SMILES string of the molecule is CC[C@@H](C)NC(=O)NC(=O)COC(=O)c1ccc(OC)c(Br)c1. The Labute approximate surface area is 142 Å². The van der Waals surface area contributed by atoms with Crippen LogP contribution in [0.4, 0.5) is 4.79 Å². The van der Waals surface area contributed by atoms with Crippen LogP contribution in [0.3, 0.4) is 0 Å². The van der Waals surface area contributed by atoms with Crippen LogP contribution >= 0.6 is 15.9 Å². The minimum absolute atomic E-state index is 0.0537. The molecule has 1 aromatic rings. The van der Waals surface area contributed by atoms with E-state index in [1.54, 1.807) is 6.07 Å². The summed E-state index contributed by atoms with van der Waals surface area (Å²) in [6.45, 7) is 3.17. The van der Waals surface area contributed by atoms with Crippen molar-refractivity contribution in [2.75, 3.05) is 13.7 Å². The van der Waals surface area contributed by atoms with Crippen LogP contribution in [0.25, 0.3) is 0 Å². The van der Waals surface area contributed by atoms with E-state index < -0.39 is 24.5 Å². The Morgan fingerprint density at radius 1 is 1.30 bits per heavy atom. The molecule has 0 aliphatic carbocycles. The molecule has 3 amide bonds. The molecule has 126 valence electrons. The number of esters is 1. The van der Waals surface area contributed by atoms with Crippen molar-refractivity contribution in [1.82, 2.24) is 10.6 Å². The number of hydrogen-bond donors (Lipinski definition) is 2. The summed E-state index contributed by atoms with van der Waals surface area (Å²) in [5.41, 5.74) is 0.259. The molecule has 0 spiro atoms. The topological polar surface area (TPSA) is 93.7 Å². The molecule has 0 aliphatic heterocycles. The predicted molar refractivity (Wildman–Crippen MR) is 87.4 cm³/mol. The lowest BCUT2D eigenvalue weighted by molar-refractivity contribution is -0.123. The van der Waals surface area contributed by atoms with Gasteiger partial charge < -0.3 is 14.8 Å². The molecular formula is C15H19BrN2O5. The van der Waals surface area contributed by atoms with Crippen molar-refractivity contribution >= 4 is 33.8 Å². The highest BCUT2D eigenvalue weighted by molar-refractivity contribution is 9.10. The number of halogens is 1. The third-order valence-electron chi connectivity index (χ3n) is 2.96. The normalized spacial score (nSPS) is 11.3. The highest BCUT2D eigenvalue weighted by atomic mass is 79.9.